The van der Waals surface area contributed by atoms with Crippen LogP contribution < -0.4 is 5.32 Å². The van der Waals surface area contributed by atoms with E-state index >= 15 is 0 Å². The molecule has 1 aromatic rings. The number of hydrogen-bond donors (Lipinski definition) is 2. The molecule has 0 atom stereocenters. The Kier molecular flexibility index (Phi) is 3.61. The average Bonchev–Trinajstić information content (AvgIpc) is 2.31. The molecule has 0 spiro atoms. The fraction of sp³-hybridized carbons (Fsp3) is 0.429. The summed E-state index contributed by atoms with van der Waals surface area (Å²) < 4.78 is 0. The van der Waals surface area contributed by atoms with Crippen molar-refractivity contribution in [3.05, 3.63) is 35.9 Å². The van der Waals surface area contributed by atoms with Crippen LogP contribution >= 0.6 is 0 Å². The molecule has 1 fully saturated rings. The lowest BCUT2D eigenvalue weighted by Crippen LogP contribution is -2.41. The molecule has 84 valence electrons. The van der Waals surface area contributed by atoms with Crippen LogP contribution in [0.1, 0.15) is 24.8 Å². The minimum absolute atomic E-state index is 0.573. The summed E-state index contributed by atoms with van der Waals surface area (Å²) in [5.74, 6) is 6.17. The maximum atomic E-state index is 10.2. The lowest BCUT2D eigenvalue weighted by molar-refractivity contribution is 0.0154. The molecule has 0 amide bonds. The molecular weight excluding hydrogens is 198 g/mol. The lowest BCUT2D eigenvalue weighted by atomic mass is 9.89. The average molecular weight is 215 g/mol. The van der Waals surface area contributed by atoms with E-state index in [-0.39, 0.29) is 0 Å². The van der Waals surface area contributed by atoms with Gasteiger partial charge < -0.3 is 10.4 Å². The number of nitrogens with one attached hydrogen (secondary N) is 1. The topological polar surface area (TPSA) is 32.3 Å². The SMILES string of the molecule is OC1(CC#Cc2ccccc2)CCNCC1. The molecule has 1 aromatic carbocycles. The van der Waals surface area contributed by atoms with Crippen LogP contribution in [0.15, 0.2) is 30.3 Å². The van der Waals surface area contributed by atoms with Gasteiger partial charge in [0.15, 0.2) is 0 Å². The maximum Gasteiger partial charge on any atom is 0.0780 e. The first-order valence-corrected chi connectivity index (χ1v) is 5.76. The van der Waals surface area contributed by atoms with E-state index in [1.54, 1.807) is 0 Å². The minimum Gasteiger partial charge on any atom is -0.389 e. The molecular formula is C14H17NO. The summed E-state index contributed by atoms with van der Waals surface area (Å²) in [5.41, 5.74) is 0.438. The van der Waals surface area contributed by atoms with Crippen molar-refractivity contribution in [1.29, 1.82) is 0 Å². The van der Waals surface area contributed by atoms with Gasteiger partial charge in [0, 0.05) is 12.0 Å². The van der Waals surface area contributed by atoms with Crippen LogP contribution in [-0.4, -0.2) is 23.8 Å². The summed E-state index contributed by atoms with van der Waals surface area (Å²) in [6, 6.07) is 9.90. The van der Waals surface area contributed by atoms with E-state index in [1.807, 2.05) is 30.3 Å². The van der Waals surface area contributed by atoms with Gasteiger partial charge in [0.1, 0.15) is 0 Å². The van der Waals surface area contributed by atoms with Gasteiger partial charge in [0.2, 0.25) is 0 Å². The van der Waals surface area contributed by atoms with Gasteiger partial charge in [0.05, 0.1) is 5.60 Å². The summed E-state index contributed by atoms with van der Waals surface area (Å²) in [4.78, 5) is 0. The lowest BCUT2D eigenvalue weighted by Gasteiger charge is -2.30. The van der Waals surface area contributed by atoms with E-state index in [4.69, 9.17) is 0 Å². The van der Waals surface area contributed by atoms with Crippen molar-refractivity contribution in [2.24, 2.45) is 0 Å². The molecule has 1 heterocycles. The van der Waals surface area contributed by atoms with Crippen molar-refractivity contribution in [2.75, 3.05) is 13.1 Å². The van der Waals surface area contributed by atoms with Crippen LogP contribution in [0.5, 0.6) is 0 Å². The van der Waals surface area contributed by atoms with Crippen molar-refractivity contribution < 1.29 is 5.11 Å². The zero-order chi connectivity index (χ0) is 11.3. The van der Waals surface area contributed by atoms with Crippen molar-refractivity contribution in [3.8, 4) is 11.8 Å². The largest absolute Gasteiger partial charge is 0.389 e. The molecule has 2 N–H and O–H groups in total. The number of aliphatic hydroxyl groups is 1. The van der Waals surface area contributed by atoms with Gasteiger partial charge >= 0.3 is 0 Å². The molecule has 1 aliphatic rings. The van der Waals surface area contributed by atoms with Crippen molar-refractivity contribution >= 4 is 0 Å². The molecule has 16 heavy (non-hydrogen) atoms. The van der Waals surface area contributed by atoms with Gasteiger partial charge in [-0.2, -0.15) is 0 Å². The van der Waals surface area contributed by atoms with Crippen LogP contribution in [0, 0.1) is 11.8 Å². The zero-order valence-electron chi connectivity index (χ0n) is 9.37. The molecule has 0 bridgehead atoms. The van der Waals surface area contributed by atoms with Crippen molar-refractivity contribution in [3.63, 3.8) is 0 Å². The van der Waals surface area contributed by atoms with Gasteiger partial charge in [-0.3, -0.25) is 0 Å². The molecule has 2 nitrogen and oxygen atoms in total. The summed E-state index contributed by atoms with van der Waals surface area (Å²) in [6.45, 7) is 1.78. The Hall–Kier alpha value is -1.30. The molecule has 0 unspecified atom stereocenters. The highest BCUT2D eigenvalue weighted by atomic mass is 16.3. The highest BCUT2D eigenvalue weighted by Crippen LogP contribution is 2.21. The second kappa shape index (κ2) is 5.16. The molecule has 2 rings (SSSR count). The Balaban J connectivity index is 1.94. The van der Waals surface area contributed by atoms with Gasteiger partial charge in [-0.1, -0.05) is 30.0 Å². The van der Waals surface area contributed by atoms with E-state index in [2.05, 4.69) is 17.2 Å². The number of benzene rings is 1. The summed E-state index contributed by atoms with van der Waals surface area (Å²) in [6.07, 6.45) is 2.18. The highest BCUT2D eigenvalue weighted by molar-refractivity contribution is 5.33. The first-order chi connectivity index (χ1) is 7.79. The molecule has 1 saturated heterocycles. The van der Waals surface area contributed by atoms with Crippen LogP contribution in [0.4, 0.5) is 0 Å². The standard InChI is InChI=1S/C14H17NO/c16-14(9-11-15-12-10-14)8-4-7-13-5-2-1-3-6-13/h1-3,5-6,15-16H,8-12H2. The van der Waals surface area contributed by atoms with Crippen molar-refractivity contribution in [1.82, 2.24) is 5.32 Å². The van der Waals surface area contributed by atoms with E-state index < -0.39 is 5.60 Å². The Morgan fingerprint density at radius 3 is 2.56 bits per heavy atom. The summed E-state index contributed by atoms with van der Waals surface area (Å²) in [7, 11) is 0. The minimum atomic E-state index is -0.576. The molecule has 0 radical (unpaired) electrons. The maximum absolute atomic E-state index is 10.2. The predicted molar refractivity (Wildman–Crippen MR) is 65.0 cm³/mol. The molecule has 0 aromatic heterocycles. The highest BCUT2D eigenvalue weighted by Gasteiger charge is 2.27. The third-order valence-corrected chi connectivity index (χ3v) is 2.96. The Morgan fingerprint density at radius 1 is 1.19 bits per heavy atom. The van der Waals surface area contributed by atoms with Crippen LogP contribution in [0.2, 0.25) is 0 Å². The number of hydrogen-bond acceptors (Lipinski definition) is 2. The van der Waals surface area contributed by atoms with Crippen LogP contribution in [-0.2, 0) is 0 Å². The Bertz CT molecular complexity index is 382. The van der Waals surface area contributed by atoms with Gasteiger partial charge in [-0.15, -0.1) is 0 Å². The first kappa shape index (κ1) is 11.2. The third-order valence-electron chi connectivity index (χ3n) is 2.96. The molecule has 2 heteroatoms. The predicted octanol–water partition coefficient (Wildman–Crippen LogP) is 1.54. The van der Waals surface area contributed by atoms with E-state index in [0.29, 0.717) is 6.42 Å². The van der Waals surface area contributed by atoms with E-state index in [0.717, 1.165) is 31.5 Å². The summed E-state index contributed by atoms with van der Waals surface area (Å²) in [5, 5.41) is 13.4. The smallest absolute Gasteiger partial charge is 0.0780 e. The van der Waals surface area contributed by atoms with Gasteiger partial charge in [0.25, 0.3) is 0 Å². The quantitative estimate of drug-likeness (QED) is 0.697. The van der Waals surface area contributed by atoms with Crippen LogP contribution in [0.25, 0.3) is 0 Å². The molecule has 1 aliphatic heterocycles. The number of piperidine rings is 1. The van der Waals surface area contributed by atoms with Crippen molar-refractivity contribution in [2.45, 2.75) is 24.9 Å². The summed E-state index contributed by atoms with van der Waals surface area (Å²) >= 11 is 0. The second-order valence-corrected chi connectivity index (χ2v) is 4.32. The van der Waals surface area contributed by atoms with E-state index in [1.165, 1.54) is 0 Å². The Morgan fingerprint density at radius 2 is 1.88 bits per heavy atom. The molecule has 0 saturated carbocycles. The van der Waals surface area contributed by atoms with Gasteiger partial charge in [-0.05, 0) is 38.1 Å². The Labute approximate surface area is 96.7 Å². The van der Waals surface area contributed by atoms with Gasteiger partial charge in [-0.25, -0.2) is 0 Å². The first-order valence-electron chi connectivity index (χ1n) is 5.76. The molecule has 0 aliphatic carbocycles. The number of rotatable bonds is 1. The monoisotopic (exact) mass is 215 g/mol. The fourth-order valence-electron chi connectivity index (χ4n) is 1.90. The fourth-order valence-corrected chi connectivity index (χ4v) is 1.90. The normalized spacial score (nSPS) is 18.6. The second-order valence-electron chi connectivity index (χ2n) is 4.32. The van der Waals surface area contributed by atoms with E-state index in [9.17, 15) is 5.11 Å². The van der Waals surface area contributed by atoms with Crippen LogP contribution in [0.3, 0.4) is 0 Å². The zero-order valence-corrected chi connectivity index (χ0v) is 9.37. The third kappa shape index (κ3) is 3.10.